The van der Waals surface area contributed by atoms with E-state index in [9.17, 15) is 10.1 Å². The SMILES string of the molecule is CC(=O)Nc1ccc(Nc2cc(C)nc(C)c2C#N)cc1. The molecule has 1 amide bonds. The first-order chi connectivity index (χ1) is 9.99. The zero-order valence-corrected chi connectivity index (χ0v) is 12.2. The summed E-state index contributed by atoms with van der Waals surface area (Å²) >= 11 is 0. The maximum atomic E-state index is 11.0. The summed E-state index contributed by atoms with van der Waals surface area (Å²) in [7, 11) is 0. The molecule has 0 aliphatic heterocycles. The van der Waals surface area contributed by atoms with Gasteiger partial charge in [0, 0.05) is 24.0 Å². The maximum Gasteiger partial charge on any atom is 0.221 e. The number of pyridine rings is 1. The Labute approximate surface area is 123 Å². The number of hydrogen-bond donors (Lipinski definition) is 2. The zero-order chi connectivity index (χ0) is 15.4. The van der Waals surface area contributed by atoms with E-state index in [-0.39, 0.29) is 5.91 Å². The maximum absolute atomic E-state index is 11.0. The van der Waals surface area contributed by atoms with Gasteiger partial charge >= 0.3 is 0 Å². The van der Waals surface area contributed by atoms with E-state index >= 15 is 0 Å². The summed E-state index contributed by atoms with van der Waals surface area (Å²) in [5.74, 6) is -0.108. The molecule has 0 unspecified atom stereocenters. The number of benzene rings is 1. The second-order valence-corrected chi connectivity index (χ2v) is 4.77. The minimum Gasteiger partial charge on any atom is -0.354 e. The number of aryl methyl sites for hydroxylation is 2. The number of hydrogen-bond acceptors (Lipinski definition) is 4. The average molecular weight is 280 g/mol. The van der Waals surface area contributed by atoms with Crippen molar-refractivity contribution < 1.29 is 4.79 Å². The molecule has 0 fully saturated rings. The predicted octanol–water partition coefficient (Wildman–Crippen LogP) is 3.27. The van der Waals surface area contributed by atoms with Crippen LogP contribution in [0.2, 0.25) is 0 Å². The predicted molar refractivity (Wildman–Crippen MR) is 82.5 cm³/mol. The van der Waals surface area contributed by atoms with E-state index in [0.717, 1.165) is 22.8 Å². The molecule has 106 valence electrons. The molecule has 0 aliphatic carbocycles. The van der Waals surface area contributed by atoms with Crippen molar-refractivity contribution in [1.29, 1.82) is 5.26 Å². The van der Waals surface area contributed by atoms with Crippen LogP contribution >= 0.6 is 0 Å². The Kier molecular flexibility index (Phi) is 4.19. The Bertz CT molecular complexity index is 714. The minimum atomic E-state index is -0.108. The Morgan fingerprint density at radius 2 is 1.81 bits per heavy atom. The van der Waals surface area contributed by atoms with Crippen molar-refractivity contribution in [3.63, 3.8) is 0 Å². The van der Waals surface area contributed by atoms with Gasteiger partial charge < -0.3 is 10.6 Å². The van der Waals surface area contributed by atoms with Crippen molar-refractivity contribution in [2.24, 2.45) is 0 Å². The third-order valence-corrected chi connectivity index (χ3v) is 2.92. The summed E-state index contributed by atoms with van der Waals surface area (Å²) in [5, 5.41) is 15.2. The molecule has 2 aromatic rings. The van der Waals surface area contributed by atoms with E-state index in [1.54, 1.807) is 12.1 Å². The van der Waals surface area contributed by atoms with Gasteiger partial charge in [-0.05, 0) is 44.2 Å². The monoisotopic (exact) mass is 280 g/mol. The molecule has 2 rings (SSSR count). The van der Waals surface area contributed by atoms with Gasteiger partial charge in [-0.15, -0.1) is 0 Å². The number of nitrogens with one attached hydrogen (secondary N) is 2. The fraction of sp³-hybridized carbons (Fsp3) is 0.188. The topological polar surface area (TPSA) is 77.8 Å². The summed E-state index contributed by atoms with van der Waals surface area (Å²) in [4.78, 5) is 15.3. The summed E-state index contributed by atoms with van der Waals surface area (Å²) in [6.45, 7) is 5.17. The molecule has 0 bridgehead atoms. The van der Waals surface area contributed by atoms with Gasteiger partial charge in [0.25, 0.3) is 0 Å². The molecule has 5 heteroatoms. The number of carbonyl (C=O) groups is 1. The van der Waals surface area contributed by atoms with E-state index in [1.165, 1.54) is 6.92 Å². The van der Waals surface area contributed by atoms with E-state index in [1.807, 2.05) is 32.0 Å². The normalized spacial score (nSPS) is 9.81. The quantitative estimate of drug-likeness (QED) is 0.904. The molecule has 0 spiro atoms. The third kappa shape index (κ3) is 3.57. The smallest absolute Gasteiger partial charge is 0.221 e. The van der Waals surface area contributed by atoms with Crippen LogP contribution in [-0.4, -0.2) is 10.9 Å². The largest absolute Gasteiger partial charge is 0.354 e. The molecule has 0 atom stereocenters. The highest BCUT2D eigenvalue weighted by molar-refractivity contribution is 5.88. The fourth-order valence-electron chi connectivity index (χ4n) is 2.06. The van der Waals surface area contributed by atoms with Gasteiger partial charge in [-0.3, -0.25) is 9.78 Å². The molecule has 2 N–H and O–H groups in total. The number of amides is 1. The highest BCUT2D eigenvalue weighted by atomic mass is 16.1. The first-order valence-electron chi connectivity index (χ1n) is 6.52. The van der Waals surface area contributed by atoms with E-state index in [4.69, 9.17) is 0 Å². The molecular weight excluding hydrogens is 264 g/mol. The Balaban J connectivity index is 2.26. The lowest BCUT2D eigenvalue weighted by molar-refractivity contribution is -0.114. The molecule has 0 aliphatic rings. The van der Waals surface area contributed by atoms with Crippen LogP contribution in [0, 0.1) is 25.2 Å². The average Bonchev–Trinajstić information content (AvgIpc) is 2.40. The van der Waals surface area contributed by atoms with Crippen LogP contribution in [0.1, 0.15) is 23.9 Å². The number of aromatic nitrogens is 1. The van der Waals surface area contributed by atoms with E-state index in [2.05, 4.69) is 21.7 Å². The Morgan fingerprint density at radius 1 is 1.19 bits per heavy atom. The van der Waals surface area contributed by atoms with Crippen molar-refractivity contribution in [2.75, 3.05) is 10.6 Å². The molecule has 1 aromatic heterocycles. The second-order valence-electron chi connectivity index (χ2n) is 4.77. The van der Waals surface area contributed by atoms with Gasteiger partial charge in [0.05, 0.1) is 16.9 Å². The highest BCUT2D eigenvalue weighted by Crippen LogP contribution is 2.24. The molecule has 1 heterocycles. The van der Waals surface area contributed by atoms with Crippen molar-refractivity contribution in [3.05, 3.63) is 47.3 Å². The molecule has 1 aromatic carbocycles. The highest BCUT2D eigenvalue weighted by Gasteiger charge is 2.08. The van der Waals surface area contributed by atoms with Gasteiger partial charge in [-0.2, -0.15) is 5.26 Å². The van der Waals surface area contributed by atoms with Crippen LogP contribution in [0.5, 0.6) is 0 Å². The first-order valence-corrected chi connectivity index (χ1v) is 6.52. The number of rotatable bonds is 3. The van der Waals surface area contributed by atoms with Crippen molar-refractivity contribution in [1.82, 2.24) is 4.98 Å². The first kappa shape index (κ1) is 14.5. The lowest BCUT2D eigenvalue weighted by Gasteiger charge is -2.11. The van der Waals surface area contributed by atoms with Gasteiger partial charge in [0.2, 0.25) is 5.91 Å². The third-order valence-electron chi connectivity index (χ3n) is 2.92. The fourth-order valence-corrected chi connectivity index (χ4v) is 2.06. The molecule has 21 heavy (non-hydrogen) atoms. The number of nitrogens with zero attached hydrogens (tertiary/aromatic N) is 2. The summed E-state index contributed by atoms with van der Waals surface area (Å²) in [6.07, 6.45) is 0. The van der Waals surface area contributed by atoms with Crippen LogP contribution in [0.15, 0.2) is 30.3 Å². The zero-order valence-electron chi connectivity index (χ0n) is 12.2. The summed E-state index contributed by atoms with van der Waals surface area (Å²) in [6, 6.07) is 11.3. The molecular formula is C16H16N4O. The lowest BCUT2D eigenvalue weighted by Crippen LogP contribution is -2.05. The van der Waals surface area contributed by atoms with Gasteiger partial charge in [-0.1, -0.05) is 0 Å². The summed E-state index contributed by atoms with van der Waals surface area (Å²) in [5.41, 5.74) is 4.39. The number of nitriles is 1. The lowest BCUT2D eigenvalue weighted by atomic mass is 10.1. The summed E-state index contributed by atoms with van der Waals surface area (Å²) < 4.78 is 0. The number of anilines is 3. The van der Waals surface area contributed by atoms with Gasteiger partial charge in [-0.25, -0.2) is 0 Å². The van der Waals surface area contributed by atoms with Crippen molar-refractivity contribution in [3.8, 4) is 6.07 Å². The van der Waals surface area contributed by atoms with Gasteiger partial charge in [0.15, 0.2) is 0 Å². The van der Waals surface area contributed by atoms with Crippen LogP contribution in [0.3, 0.4) is 0 Å². The van der Waals surface area contributed by atoms with E-state index in [0.29, 0.717) is 11.3 Å². The Morgan fingerprint density at radius 3 is 2.38 bits per heavy atom. The van der Waals surface area contributed by atoms with Crippen LogP contribution in [0.25, 0.3) is 0 Å². The van der Waals surface area contributed by atoms with E-state index < -0.39 is 0 Å². The van der Waals surface area contributed by atoms with Crippen LogP contribution < -0.4 is 10.6 Å². The molecule has 5 nitrogen and oxygen atoms in total. The molecule has 0 saturated heterocycles. The van der Waals surface area contributed by atoms with Gasteiger partial charge in [0.1, 0.15) is 6.07 Å². The van der Waals surface area contributed by atoms with Crippen molar-refractivity contribution >= 4 is 23.0 Å². The molecule has 0 saturated carbocycles. The molecule has 0 radical (unpaired) electrons. The number of carbonyl (C=O) groups excluding carboxylic acids is 1. The standard InChI is InChI=1S/C16H16N4O/c1-10-8-16(15(9-17)11(2)18-10)20-14-6-4-13(5-7-14)19-12(3)21/h4-8H,1-3H3,(H,18,20)(H,19,21). The van der Waals surface area contributed by atoms with Crippen LogP contribution in [-0.2, 0) is 4.79 Å². The second kappa shape index (κ2) is 6.06. The van der Waals surface area contributed by atoms with Crippen molar-refractivity contribution in [2.45, 2.75) is 20.8 Å². The van der Waals surface area contributed by atoms with Crippen LogP contribution in [0.4, 0.5) is 17.1 Å². The Hall–Kier alpha value is -2.87. The minimum absolute atomic E-state index is 0.108.